The van der Waals surface area contributed by atoms with Crippen LogP contribution in [0.5, 0.6) is 5.88 Å². The molecule has 0 saturated heterocycles. The van der Waals surface area contributed by atoms with Crippen LogP contribution in [0.3, 0.4) is 0 Å². The Kier molecular flexibility index (Phi) is 3.77. The number of fused-ring (bicyclic) bond motifs is 3. The summed E-state index contributed by atoms with van der Waals surface area (Å²) in [5.74, 6) is 0.234. The van der Waals surface area contributed by atoms with Crippen LogP contribution in [0.4, 0.5) is 5.69 Å². The number of ketones is 1. The highest BCUT2D eigenvalue weighted by Gasteiger charge is 2.27. The maximum atomic E-state index is 12.8. The molecule has 0 N–H and O–H groups in total. The standard InChI is InChI=1S/C21H16N2O3/c1-23(14-8-10-19(26-2)22-12-14)21(25)13-7-9-16-15-5-3-4-6-17(15)20(24)18(16)11-13/h3-12H,1-2H3. The summed E-state index contributed by atoms with van der Waals surface area (Å²) in [5, 5.41) is 0. The first-order valence-corrected chi connectivity index (χ1v) is 8.16. The van der Waals surface area contributed by atoms with E-state index in [1.165, 1.54) is 12.0 Å². The summed E-state index contributed by atoms with van der Waals surface area (Å²) in [4.78, 5) is 31.1. The molecule has 128 valence electrons. The third-order valence-corrected chi connectivity index (χ3v) is 4.59. The van der Waals surface area contributed by atoms with Crippen LogP contribution in [-0.2, 0) is 0 Å². The number of carbonyl (C=O) groups is 2. The number of hydrogen-bond acceptors (Lipinski definition) is 4. The average Bonchev–Trinajstić information content (AvgIpc) is 2.99. The lowest BCUT2D eigenvalue weighted by atomic mass is 10.0. The van der Waals surface area contributed by atoms with E-state index in [1.807, 2.05) is 30.3 Å². The Hall–Kier alpha value is -3.47. The Morgan fingerprint density at radius 3 is 2.38 bits per heavy atom. The van der Waals surface area contributed by atoms with Crippen molar-refractivity contribution in [2.45, 2.75) is 0 Å². The molecule has 3 aromatic rings. The molecular weight excluding hydrogens is 328 g/mol. The van der Waals surface area contributed by atoms with Crippen LogP contribution in [-0.4, -0.2) is 30.8 Å². The third-order valence-electron chi connectivity index (χ3n) is 4.59. The number of benzene rings is 2. The van der Waals surface area contributed by atoms with Crippen LogP contribution < -0.4 is 9.64 Å². The van der Waals surface area contributed by atoms with Crippen LogP contribution in [0, 0.1) is 0 Å². The second-order valence-electron chi connectivity index (χ2n) is 6.06. The second kappa shape index (κ2) is 6.11. The number of hydrogen-bond donors (Lipinski definition) is 0. The summed E-state index contributed by atoms with van der Waals surface area (Å²) in [7, 11) is 3.21. The molecule has 26 heavy (non-hydrogen) atoms. The smallest absolute Gasteiger partial charge is 0.258 e. The van der Waals surface area contributed by atoms with Gasteiger partial charge in [0.1, 0.15) is 0 Å². The number of anilines is 1. The van der Waals surface area contributed by atoms with E-state index in [2.05, 4.69) is 4.98 Å². The van der Waals surface area contributed by atoms with Crippen LogP contribution in [0.25, 0.3) is 11.1 Å². The maximum Gasteiger partial charge on any atom is 0.258 e. The molecule has 0 radical (unpaired) electrons. The average molecular weight is 344 g/mol. The quantitative estimate of drug-likeness (QED) is 0.570. The first-order chi connectivity index (χ1) is 12.6. The monoisotopic (exact) mass is 344 g/mol. The van der Waals surface area contributed by atoms with Gasteiger partial charge in [-0.25, -0.2) is 4.98 Å². The molecule has 0 saturated carbocycles. The SMILES string of the molecule is COc1ccc(N(C)C(=O)c2ccc3c(c2)C(=O)c2ccccc2-3)cn1. The highest BCUT2D eigenvalue weighted by Crippen LogP contribution is 2.36. The lowest BCUT2D eigenvalue weighted by molar-refractivity contribution is 0.0993. The molecule has 0 fully saturated rings. The van der Waals surface area contributed by atoms with E-state index >= 15 is 0 Å². The Balaban J connectivity index is 1.67. The van der Waals surface area contributed by atoms with Gasteiger partial charge in [0.2, 0.25) is 5.88 Å². The van der Waals surface area contributed by atoms with E-state index in [4.69, 9.17) is 4.74 Å². The Labute approximate surface area is 150 Å². The minimum absolute atomic E-state index is 0.0426. The zero-order valence-corrected chi connectivity index (χ0v) is 14.4. The van der Waals surface area contributed by atoms with Crippen molar-refractivity contribution in [3.63, 3.8) is 0 Å². The van der Waals surface area contributed by atoms with Gasteiger partial charge in [0.05, 0.1) is 19.0 Å². The van der Waals surface area contributed by atoms with Gasteiger partial charge in [0.25, 0.3) is 5.91 Å². The van der Waals surface area contributed by atoms with Gasteiger partial charge in [0, 0.05) is 29.8 Å². The number of aromatic nitrogens is 1. The molecular formula is C21H16N2O3. The number of amides is 1. The fraction of sp³-hybridized carbons (Fsp3) is 0.0952. The Morgan fingerprint density at radius 2 is 1.69 bits per heavy atom. The van der Waals surface area contributed by atoms with Crippen molar-refractivity contribution in [2.75, 3.05) is 19.1 Å². The van der Waals surface area contributed by atoms with Crippen LogP contribution in [0.15, 0.2) is 60.8 Å². The number of pyridine rings is 1. The van der Waals surface area contributed by atoms with E-state index in [9.17, 15) is 9.59 Å². The van der Waals surface area contributed by atoms with Gasteiger partial charge in [-0.2, -0.15) is 0 Å². The van der Waals surface area contributed by atoms with Gasteiger partial charge in [0.15, 0.2) is 5.78 Å². The molecule has 1 aliphatic rings. The minimum atomic E-state index is -0.205. The zero-order chi connectivity index (χ0) is 18.3. The van der Waals surface area contributed by atoms with E-state index in [-0.39, 0.29) is 11.7 Å². The number of ether oxygens (including phenoxy) is 1. The topological polar surface area (TPSA) is 59.5 Å². The van der Waals surface area contributed by atoms with E-state index in [1.54, 1.807) is 37.5 Å². The van der Waals surface area contributed by atoms with Crippen molar-refractivity contribution in [3.8, 4) is 17.0 Å². The molecule has 1 amide bonds. The maximum absolute atomic E-state index is 12.8. The summed E-state index contributed by atoms with van der Waals surface area (Å²) < 4.78 is 5.03. The first-order valence-electron chi connectivity index (χ1n) is 8.16. The molecule has 1 heterocycles. The van der Waals surface area contributed by atoms with Crippen LogP contribution in [0.2, 0.25) is 0 Å². The van der Waals surface area contributed by atoms with E-state index in [0.29, 0.717) is 28.3 Å². The van der Waals surface area contributed by atoms with Gasteiger partial charge in [-0.15, -0.1) is 0 Å². The Morgan fingerprint density at radius 1 is 0.962 bits per heavy atom. The molecule has 1 aromatic heterocycles. The van der Waals surface area contributed by atoms with E-state index < -0.39 is 0 Å². The molecule has 1 aliphatic carbocycles. The predicted octanol–water partition coefficient (Wildman–Crippen LogP) is 3.58. The third kappa shape index (κ3) is 2.45. The number of methoxy groups -OCH3 is 1. The van der Waals surface area contributed by atoms with Gasteiger partial charge >= 0.3 is 0 Å². The zero-order valence-electron chi connectivity index (χ0n) is 14.4. The molecule has 4 rings (SSSR count). The molecule has 0 spiro atoms. The summed E-state index contributed by atoms with van der Waals surface area (Å²) >= 11 is 0. The number of carbonyl (C=O) groups excluding carboxylic acids is 2. The molecule has 5 heteroatoms. The molecule has 0 bridgehead atoms. The molecule has 0 atom stereocenters. The molecule has 2 aromatic carbocycles. The second-order valence-corrected chi connectivity index (χ2v) is 6.06. The van der Waals surface area contributed by atoms with Crippen molar-refractivity contribution in [2.24, 2.45) is 0 Å². The number of rotatable bonds is 3. The summed E-state index contributed by atoms with van der Waals surface area (Å²) in [6.45, 7) is 0. The lowest BCUT2D eigenvalue weighted by Gasteiger charge is -2.17. The summed E-state index contributed by atoms with van der Waals surface area (Å²) in [5.41, 5.74) is 4.14. The fourth-order valence-electron chi connectivity index (χ4n) is 3.16. The van der Waals surface area contributed by atoms with Crippen molar-refractivity contribution in [1.82, 2.24) is 4.98 Å². The highest BCUT2D eigenvalue weighted by atomic mass is 16.5. The number of nitrogens with zero attached hydrogens (tertiary/aromatic N) is 2. The predicted molar refractivity (Wildman–Crippen MR) is 98.8 cm³/mol. The van der Waals surface area contributed by atoms with Crippen LogP contribution >= 0.6 is 0 Å². The van der Waals surface area contributed by atoms with Crippen molar-refractivity contribution < 1.29 is 14.3 Å². The first kappa shape index (κ1) is 16.0. The normalized spacial score (nSPS) is 11.7. The van der Waals surface area contributed by atoms with Gasteiger partial charge in [-0.3, -0.25) is 9.59 Å². The summed E-state index contributed by atoms with van der Waals surface area (Å²) in [6.07, 6.45) is 1.57. The fourth-order valence-corrected chi connectivity index (χ4v) is 3.16. The molecule has 5 nitrogen and oxygen atoms in total. The van der Waals surface area contributed by atoms with E-state index in [0.717, 1.165) is 11.1 Å². The van der Waals surface area contributed by atoms with Gasteiger partial charge in [-0.1, -0.05) is 30.3 Å². The summed E-state index contributed by atoms with van der Waals surface area (Å²) in [6, 6.07) is 16.2. The van der Waals surface area contributed by atoms with Crippen molar-refractivity contribution in [1.29, 1.82) is 0 Å². The lowest BCUT2D eigenvalue weighted by Crippen LogP contribution is -2.26. The largest absolute Gasteiger partial charge is 0.481 e. The van der Waals surface area contributed by atoms with Gasteiger partial charge < -0.3 is 9.64 Å². The Bertz CT molecular complexity index is 1030. The highest BCUT2D eigenvalue weighted by molar-refractivity contribution is 6.22. The van der Waals surface area contributed by atoms with Crippen molar-refractivity contribution in [3.05, 3.63) is 77.5 Å². The molecule has 0 aliphatic heterocycles. The van der Waals surface area contributed by atoms with Crippen LogP contribution in [0.1, 0.15) is 26.3 Å². The molecule has 0 unspecified atom stereocenters. The van der Waals surface area contributed by atoms with Crippen molar-refractivity contribution >= 4 is 17.4 Å². The van der Waals surface area contributed by atoms with Gasteiger partial charge in [-0.05, 0) is 29.3 Å². The minimum Gasteiger partial charge on any atom is -0.481 e.